The van der Waals surface area contributed by atoms with E-state index >= 15 is 0 Å². The monoisotopic (exact) mass is 346 g/mol. The standard InChI is InChI=1S/C17H22N4O2S/c1-3-14(8-18-5-1)10-22-16-7-17(23-11-16)4-2-6-21(13-17)9-15-12-24-20-19-15/h1,3,5,8,12,16H,2,4,6-7,9-11,13H2. The van der Waals surface area contributed by atoms with Crippen LogP contribution in [0.1, 0.15) is 30.5 Å². The second-order valence-corrected chi connectivity index (χ2v) is 7.31. The van der Waals surface area contributed by atoms with Gasteiger partial charge in [-0.25, -0.2) is 0 Å². The van der Waals surface area contributed by atoms with Gasteiger partial charge in [-0.3, -0.25) is 9.88 Å². The van der Waals surface area contributed by atoms with Crippen LogP contribution in [0.15, 0.2) is 29.9 Å². The highest BCUT2D eigenvalue weighted by molar-refractivity contribution is 7.03. The summed E-state index contributed by atoms with van der Waals surface area (Å²) in [6.07, 6.45) is 7.06. The summed E-state index contributed by atoms with van der Waals surface area (Å²) >= 11 is 1.41. The van der Waals surface area contributed by atoms with Gasteiger partial charge in [0.25, 0.3) is 0 Å². The molecule has 6 nitrogen and oxygen atoms in total. The first-order valence-corrected chi connectivity index (χ1v) is 9.28. The van der Waals surface area contributed by atoms with E-state index in [1.807, 2.05) is 23.7 Å². The SMILES string of the molecule is c1cncc(COC2COC3(CCCN(Cc4csnn4)C3)C2)c1. The first-order chi connectivity index (χ1) is 11.8. The number of pyridine rings is 1. The van der Waals surface area contributed by atoms with E-state index in [9.17, 15) is 0 Å². The van der Waals surface area contributed by atoms with Crippen LogP contribution in [0.4, 0.5) is 0 Å². The molecule has 2 saturated heterocycles. The van der Waals surface area contributed by atoms with E-state index in [0.717, 1.165) is 50.2 Å². The average molecular weight is 346 g/mol. The summed E-state index contributed by atoms with van der Waals surface area (Å²) in [5.41, 5.74) is 2.11. The number of rotatable bonds is 5. The summed E-state index contributed by atoms with van der Waals surface area (Å²) in [5.74, 6) is 0. The molecule has 0 saturated carbocycles. The van der Waals surface area contributed by atoms with Gasteiger partial charge in [-0.1, -0.05) is 10.6 Å². The van der Waals surface area contributed by atoms with Gasteiger partial charge in [-0.2, -0.15) is 0 Å². The fraction of sp³-hybridized carbons (Fsp3) is 0.588. The van der Waals surface area contributed by atoms with Crippen LogP contribution in [0, 0.1) is 0 Å². The molecule has 0 aliphatic carbocycles. The van der Waals surface area contributed by atoms with Gasteiger partial charge in [0.1, 0.15) is 0 Å². The maximum atomic E-state index is 6.22. The maximum Gasteiger partial charge on any atom is 0.0895 e. The van der Waals surface area contributed by atoms with Crippen molar-refractivity contribution in [2.24, 2.45) is 0 Å². The molecule has 1 spiro atoms. The van der Waals surface area contributed by atoms with Gasteiger partial charge in [0, 0.05) is 37.3 Å². The molecule has 7 heteroatoms. The van der Waals surface area contributed by atoms with E-state index in [0.29, 0.717) is 13.2 Å². The van der Waals surface area contributed by atoms with Crippen LogP contribution >= 0.6 is 11.5 Å². The highest BCUT2D eigenvalue weighted by Crippen LogP contribution is 2.36. The van der Waals surface area contributed by atoms with Gasteiger partial charge in [0.05, 0.1) is 30.6 Å². The second-order valence-electron chi connectivity index (χ2n) is 6.70. The largest absolute Gasteiger partial charge is 0.371 e. The Kier molecular flexibility index (Phi) is 4.84. The maximum absolute atomic E-state index is 6.22. The Hall–Kier alpha value is -1.41. The molecule has 2 aromatic rings. The van der Waals surface area contributed by atoms with Crippen LogP contribution in [0.5, 0.6) is 0 Å². The zero-order valence-corrected chi connectivity index (χ0v) is 14.5. The Labute approximate surface area is 146 Å². The smallest absolute Gasteiger partial charge is 0.0895 e. The Bertz CT molecular complexity index is 639. The molecule has 2 aliphatic rings. The van der Waals surface area contributed by atoms with E-state index < -0.39 is 0 Å². The van der Waals surface area contributed by atoms with Crippen LogP contribution < -0.4 is 0 Å². The predicted molar refractivity (Wildman–Crippen MR) is 90.5 cm³/mol. The number of aromatic nitrogens is 3. The number of hydrogen-bond acceptors (Lipinski definition) is 7. The van der Waals surface area contributed by atoms with Gasteiger partial charge in [0.15, 0.2) is 0 Å². The Morgan fingerprint density at radius 2 is 2.46 bits per heavy atom. The van der Waals surface area contributed by atoms with Crippen molar-refractivity contribution in [1.29, 1.82) is 0 Å². The summed E-state index contributed by atoms with van der Waals surface area (Å²) < 4.78 is 16.2. The quantitative estimate of drug-likeness (QED) is 0.828. The topological polar surface area (TPSA) is 60.4 Å². The van der Waals surface area contributed by atoms with Gasteiger partial charge >= 0.3 is 0 Å². The summed E-state index contributed by atoms with van der Waals surface area (Å²) in [5, 5.41) is 6.18. The van der Waals surface area contributed by atoms with Crippen molar-refractivity contribution >= 4 is 11.5 Å². The van der Waals surface area contributed by atoms with Crippen LogP contribution in [0.25, 0.3) is 0 Å². The molecule has 2 aromatic heterocycles. The summed E-state index contributed by atoms with van der Waals surface area (Å²) in [6, 6.07) is 3.99. The van der Waals surface area contributed by atoms with Crippen molar-refractivity contribution in [3.05, 3.63) is 41.2 Å². The zero-order valence-electron chi connectivity index (χ0n) is 13.6. The normalized spacial score (nSPS) is 27.8. The summed E-state index contributed by atoms with van der Waals surface area (Å²) in [7, 11) is 0. The van der Waals surface area contributed by atoms with Gasteiger partial charge in [0.2, 0.25) is 0 Å². The predicted octanol–water partition coefficient (Wildman–Crippen LogP) is 2.27. The number of nitrogens with zero attached hydrogens (tertiary/aromatic N) is 4. The molecule has 0 aromatic carbocycles. The fourth-order valence-electron chi connectivity index (χ4n) is 3.70. The summed E-state index contributed by atoms with van der Waals surface area (Å²) in [4.78, 5) is 6.56. The van der Waals surface area contributed by atoms with Gasteiger partial charge < -0.3 is 9.47 Å². The molecular formula is C17H22N4O2S. The molecule has 2 fully saturated rings. The Morgan fingerprint density at radius 1 is 1.46 bits per heavy atom. The van der Waals surface area contributed by atoms with E-state index in [2.05, 4.69) is 19.5 Å². The first kappa shape index (κ1) is 16.1. The van der Waals surface area contributed by atoms with Crippen molar-refractivity contribution < 1.29 is 9.47 Å². The third-order valence-corrected chi connectivity index (χ3v) is 5.35. The molecule has 2 aliphatic heterocycles. The van der Waals surface area contributed by atoms with E-state index in [4.69, 9.17) is 9.47 Å². The Morgan fingerprint density at radius 3 is 3.29 bits per heavy atom. The number of hydrogen-bond donors (Lipinski definition) is 0. The van der Waals surface area contributed by atoms with E-state index in [1.54, 1.807) is 6.20 Å². The molecule has 0 radical (unpaired) electrons. The van der Waals surface area contributed by atoms with Crippen molar-refractivity contribution in [1.82, 2.24) is 19.5 Å². The highest BCUT2D eigenvalue weighted by Gasteiger charge is 2.43. The van der Waals surface area contributed by atoms with Gasteiger partial charge in [-0.05, 0) is 42.5 Å². The molecule has 4 rings (SSSR count). The minimum Gasteiger partial charge on any atom is -0.371 e. The molecule has 128 valence electrons. The van der Waals surface area contributed by atoms with Crippen LogP contribution in [0.2, 0.25) is 0 Å². The molecule has 4 heterocycles. The van der Waals surface area contributed by atoms with Crippen LogP contribution in [0.3, 0.4) is 0 Å². The van der Waals surface area contributed by atoms with Crippen molar-refractivity contribution in [3.8, 4) is 0 Å². The minimum absolute atomic E-state index is 0.0543. The number of piperidine rings is 1. The van der Waals surface area contributed by atoms with Crippen LogP contribution in [-0.4, -0.2) is 50.9 Å². The van der Waals surface area contributed by atoms with Gasteiger partial charge in [-0.15, -0.1) is 5.10 Å². The lowest BCUT2D eigenvalue weighted by atomic mass is 9.89. The molecule has 0 amide bonds. The number of ether oxygens (including phenoxy) is 2. The molecule has 0 N–H and O–H groups in total. The molecule has 2 unspecified atom stereocenters. The van der Waals surface area contributed by atoms with Crippen molar-refractivity contribution in [2.75, 3.05) is 19.7 Å². The van der Waals surface area contributed by atoms with Crippen LogP contribution in [-0.2, 0) is 22.6 Å². The highest BCUT2D eigenvalue weighted by atomic mass is 32.1. The summed E-state index contributed by atoms with van der Waals surface area (Å²) in [6.45, 7) is 4.21. The molecule has 24 heavy (non-hydrogen) atoms. The fourth-order valence-corrected chi connectivity index (χ4v) is 4.14. The lowest BCUT2D eigenvalue weighted by Crippen LogP contribution is -2.47. The number of likely N-dealkylation sites (tertiary alicyclic amines) is 1. The lowest BCUT2D eigenvalue weighted by Gasteiger charge is -2.39. The van der Waals surface area contributed by atoms with E-state index in [-0.39, 0.29) is 11.7 Å². The third-order valence-electron chi connectivity index (χ3n) is 4.79. The van der Waals surface area contributed by atoms with E-state index in [1.165, 1.54) is 11.5 Å². The minimum atomic E-state index is -0.0543. The lowest BCUT2D eigenvalue weighted by molar-refractivity contribution is -0.0550. The Balaban J connectivity index is 1.31. The first-order valence-electron chi connectivity index (χ1n) is 8.44. The second kappa shape index (κ2) is 7.23. The molecule has 2 atom stereocenters. The van der Waals surface area contributed by atoms with Crippen molar-refractivity contribution in [3.63, 3.8) is 0 Å². The molecular weight excluding hydrogens is 324 g/mol. The molecule has 0 bridgehead atoms. The van der Waals surface area contributed by atoms with Crippen molar-refractivity contribution in [2.45, 2.75) is 44.1 Å². The average Bonchev–Trinajstić information content (AvgIpc) is 3.25. The third kappa shape index (κ3) is 3.80. The zero-order chi connectivity index (χ0) is 16.2.